The quantitative estimate of drug-likeness (QED) is 0.622. The summed E-state index contributed by atoms with van der Waals surface area (Å²) in [6, 6.07) is 27.7. The van der Waals surface area contributed by atoms with Crippen LogP contribution in [0.25, 0.3) is 0 Å². The van der Waals surface area contributed by atoms with E-state index in [-0.39, 0.29) is 18.1 Å². The van der Waals surface area contributed by atoms with Gasteiger partial charge in [0.05, 0.1) is 5.69 Å². The fourth-order valence-corrected chi connectivity index (χ4v) is 3.73. The summed E-state index contributed by atoms with van der Waals surface area (Å²) in [4.78, 5) is 14.8. The lowest BCUT2D eigenvalue weighted by Crippen LogP contribution is -2.47. The van der Waals surface area contributed by atoms with Gasteiger partial charge in [0.25, 0.3) is 0 Å². The van der Waals surface area contributed by atoms with Crippen molar-refractivity contribution in [2.24, 2.45) is 0 Å². The number of fused-ring (bicyclic) bond motifs is 1. The highest BCUT2D eigenvalue weighted by atomic mass is 16.6. The molecule has 4 rings (SSSR count). The molecule has 3 aromatic rings. The van der Waals surface area contributed by atoms with E-state index in [2.05, 4.69) is 37.3 Å². The molecule has 0 radical (unpaired) electrons. The van der Waals surface area contributed by atoms with Crippen molar-refractivity contribution >= 4 is 11.8 Å². The topological polar surface area (TPSA) is 29.5 Å². The molecule has 0 saturated heterocycles. The Hall–Kier alpha value is -3.07. The van der Waals surface area contributed by atoms with E-state index in [9.17, 15) is 4.79 Å². The predicted octanol–water partition coefficient (Wildman–Crippen LogP) is 5.42. The zero-order valence-corrected chi connectivity index (χ0v) is 14.7. The number of benzene rings is 3. The Kier molecular flexibility index (Phi) is 4.44. The van der Waals surface area contributed by atoms with Crippen molar-refractivity contribution in [2.45, 2.75) is 25.3 Å². The smallest absolute Gasteiger partial charge is 0.410 e. The van der Waals surface area contributed by atoms with Gasteiger partial charge in [0, 0.05) is 12.0 Å². The van der Waals surface area contributed by atoms with Crippen LogP contribution in [0.1, 0.15) is 24.0 Å². The predicted molar refractivity (Wildman–Crippen MR) is 104 cm³/mol. The minimum absolute atomic E-state index is 0.00325. The number of carbonyl (C=O) groups is 1. The Morgan fingerprint density at radius 1 is 0.885 bits per heavy atom. The van der Waals surface area contributed by atoms with Gasteiger partial charge in [0.2, 0.25) is 0 Å². The van der Waals surface area contributed by atoms with Crippen molar-refractivity contribution in [1.82, 2.24) is 0 Å². The highest BCUT2D eigenvalue weighted by molar-refractivity contribution is 5.91. The molecule has 3 heteroatoms. The Labute approximate surface area is 153 Å². The van der Waals surface area contributed by atoms with Crippen LogP contribution in [-0.2, 0) is 6.42 Å². The average Bonchev–Trinajstić information content (AvgIpc) is 2.69. The molecule has 0 N–H and O–H groups in total. The summed E-state index contributed by atoms with van der Waals surface area (Å²) >= 11 is 0. The normalized spacial score (nSPS) is 18.9. The lowest BCUT2D eigenvalue weighted by Gasteiger charge is -2.40. The van der Waals surface area contributed by atoms with Crippen LogP contribution in [0.5, 0.6) is 5.75 Å². The molecule has 0 saturated carbocycles. The van der Waals surface area contributed by atoms with Gasteiger partial charge in [-0.15, -0.1) is 0 Å². The lowest BCUT2D eigenvalue weighted by molar-refractivity contribution is 0.203. The Bertz CT molecular complexity index is 892. The lowest BCUT2D eigenvalue weighted by atomic mass is 9.82. The molecule has 2 atom stereocenters. The van der Waals surface area contributed by atoms with Crippen LogP contribution in [-0.4, -0.2) is 12.1 Å². The molecule has 1 aliphatic heterocycles. The van der Waals surface area contributed by atoms with Gasteiger partial charge in [0.1, 0.15) is 5.75 Å². The summed E-state index contributed by atoms with van der Waals surface area (Å²) in [7, 11) is 0. The largest absolute Gasteiger partial charge is 0.420 e. The van der Waals surface area contributed by atoms with Crippen molar-refractivity contribution in [3.8, 4) is 5.75 Å². The first-order valence-electron chi connectivity index (χ1n) is 8.93. The van der Waals surface area contributed by atoms with Crippen LogP contribution < -0.4 is 9.64 Å². The minimum Gasteiger partial charge on any atom is -0.410 e. The van der Waals surface area contributed by atoms with Crippen molar-refractivity contribution in [1.29, 1.82) is 0 Å². The maximum Gasteiger partial charge on any atom is 0.420 e. The second-order valence-electron chi connectivity index (χ2n) is 6.64. The molecule has 1 aliphatic rings. The van der Waals surface area contributed by atoms with E-state index >= 15 is 0 Å². The number of carbonyl (C=O) groups excluding carboxylic acids is 1. The first-order chi connectivity index (χ1) is 12.7. The molecule has 0 spiro atoms. The van der Waals surface area contributed by atoms with E-state index < -0.39 is 0 Å². The van der Waals surface area contributed by atoms with Crippen LogP contribution in [0.3, 0.4) is 0 Å². The Morgan fingerprint density at radius 2 is 1.50 bits per heavy atom. The summed E-state index contributed by atoms with van der Waals surface area (Å²) in [5, 5.41) is 0. The van der Waals surface area contributed by atoms with Crippen LogP contribution >= 0.6 is 0 Å². The van der Waals surface area contributed by atoms with E-state index in [1.807, 2.05) is 42.5 Å². The number of nitrogens with zero attached hydrogens (tertiary/aromatic N) is 1. The third-order valence-electron chi connectivity index (χ3n) is 5.05. The Morgan fingerprint density at radius 3 is 2.23 bits per heavy atom. The van der Waals surface area contributed by atoms with Gasteiger partial charge < -0.3 is 4.74 Å². The zero-order chi connectivity index (χ0) is 17.9. The summed E-state index contributed by atoms with van der Waals surface area (Å²) in [6.07, 6.45) is 0.577. The molecule has 0 bridgehead atoms. The standard InChI is InChI=1S/C23H21NO2/c1-17-21(18-10-4-2-5-11-18)16-19-12-8-9-15-22(19)24(17)23(25)26-20-13-6-3-7-14-20/h2-15,17,21H,16H2,1H3/t17-,21+/m1/s1. The van der Waals surface area contributed by atoms with Crippen LogP contribution in [0.15, 0.2) is 84.9 Å². The van der Waals surface area contributed by atoms with Crippen LogP contribution in [0.4, 0.5) is 10.5 Å². The molecule has 1 amide bonds. The number of hydrogen-bond donors (Lipinski definition) is 0. The molecular formula is C23H21NO2. The summed E-state index contributed by atoms with van der Waals surface area (Å²) < 4.78 is 5.65. The molecule has 26 heavy (non-hydrogen) atoms. The Balaban J connectivity index is 1.70. The third-order valence-corrected chi connectivity index (χ3v) is 5.05. The number of rotatable bonds is 2. The third kappa shape index (κ3) is 3.08. The van der Waals surface area contributed by atoms with Gasteiger partial charge in [-0.2, -0.15) is 0 Å². The van der Waals surface area contributed by atoms with Crippen molar-refractivity contribution < 1.29 is 9.53 Å². The van der Waals surface area contributed by atoms with Crippen LogP contribution in [0.2, 0.25) is 0 Å². The molecule has 1 heterocycles. The average molecular weight is 343 g/mol. The summed E-state index contributed by atoms with van der Waals surface area (Å²) in [6.45, 7) is 2.10. The van der Waals surface area contributed by atoms with E-state index in [0.717, 1.165) is 12.1 Å². The second kappa shape index (κ2) is 7.04. The first-order valence-corrected chi connectivity index (χ1v) is 8.93. The molecule has 0 aliphatic carbocycles. The maximum absolute atomic E-state index is 13.0. The summed E-state index contributed by atoms with van der Waals surface area (Å²) in [5.74, 6) is 0.790. The summed E-state index contributed by atoms with van der Waals surface area (Å²) in [5.41, 5.74) is 3.35. The molecule has 130 valence electrons. The fourth-order valence-electron chi connectivity index (χ4n) is 3.73. The minimum atomic E-state index is -0.336. The molecule has 0 aromatic heterocycles. The monoisotopic (exact) mass is 343 g/mol. The second-order valence-corrected chi connectivity index (χ2v) is 6.64. The highest BCUT2D eigenvalue weighted by Gasteiger charge is 2.36. The van der Waals surface area contributed by atoms with E-state index in [4.69, 9.17) is 4.74 Å². The number of anilines is 1. The van der Waals surface area contributed by atoms with Crippen molar-refractivity contribution in [3.63, 3.8) is 0 Å². The van der Waals surface area contributed by atoms with Gasteiger partial charge in [-0.05, 0) is 42.7 Å². The van der Waals surface area contributed by atoms with Gasteiger partial charge in [-0.1, -0.05) is 66.7 Å². The number of amides is 1. The molecular weight excluding hydrogens is 322 g/mol. The van der Waals surface area contributed by atoms with Gasteiger partial charge in [-0.3, -0.25) is 4.90 Å². The van der Waals surface area contributed by atoms with Gasteiger partial charge in [0.15, 0.2) is 0 Å². The van der Waals surface area contributed by atoms with Gasteiger partial charge >= 0.3 is 6.09 Å². The number of ether oxygens (including phenoxy) is 1. The maximum atomic E-state index is 13.0. The molecule has 3 aromatic carbocycles. The van der Waals surface area contributed by atoms with E-state index in [1.165, 1.54) is 11.1 Å². The SMILES string of the molecule is C[C@@H]1[C@@H](c2ccccc2)Cc2ccccc2N1C(=O)Oc1ccccc1. The van der Waals surface area contributed by atoms with Crippen LogP contribution in [0, 0.1) is 0 Å². The number of para-hydroxylation sites is 2. The molecule has 0 fully saturated rings. The van der Waals surface area contributed by atoms with Crippen molar-refractivity contribution in [2.75, 3.05) is 4.90 Å². The fraction of sp³-hybridized carbons (Fsp3) is 0.174. The van der Waals surface area contributed by atoms with E-state index in [0.29, 0.717) is 5.75 Å². The number of hydrogen-bond acceptors (Lipinski definition) is 2. The zero-order valence-electron chi connectivity index (χ0n) is 14.7. The highest BCUT2D eigenvalue weighted by Crippen LogP contribution is 2.39. The van der Waals surface area contributed by atoms with Crippen molar-refractivity contribution in [3.05, 3.63) is 96.1 Å². The molecule has 3 nitrogen and oxygen atoms in total. The molecule has 0 unspecified atom stereocenters. The van der Waals surface area contributed by atoms with Gasteiger partial charge in [-0.25, -0.2) is 4.79 Å². The first kappa shape index (κ1) is 16.4. The van der Waals surface area contributed by atoms with E-state index in [1.54, 1.807) is 17.0 Å².